The van der Waals surface area contributed by atoms with E-state index in [2.05, 4.69) is 6.92 Å². The Labute approximate surface area is 199 Å². The number of unbranched alkanes of at least 4 members (excludes halogenated alkanes) is 1. The number of hydrogen-bond donors (Lipinski definition) is 1. The second kappa shape index (κ2) is 9.94. The minimum Gasteiger partial charge on any atom is -0.463 e. The number of ether oxygens (including phenoxy) is 1. The number of fused-ring (bicyclic) bond motifs is 3. The van der Waals surface area contributed by atoms with Crippen molar-refractivity contribution < 1.29 is 24.2 Å². The quantitative estimate of drug-likeness (QED) is 0.272. The summed E-state index contributed by atoms with van der Waals surface area (Å²) in [5.74, 6) is -1.29. The number of benzene rings is 3. The summed E-state index contributed by atoms with van der Waals surface area (Å²) in [6.07, 6.45) is 2.01. The van der Waals surface area contributed by atoms with Crippen molar-refractivity contribution in [1.29, 1.82) is 0 Å². The number of carbonyl (C=O) groups excluding carboxylic acids is 3. The van der Waals surface area contributed by atoms with E-state index in [1.165, 1.54) is 0 Å². The highest BCUT2D eigenvalue weighted by Gasteiger charge is 2.39. The van der Waals surface area contributed by atoms with Crippen LogP contribution in [0.4, 0.5) is 0 Å². The van der Waals surface area contributed by atoms with E-state index < -0.39 is 18.1 Å². The van der Waals surface area contributed by atoms with Gasteiger partial charge >= 0.3 is 5.97 Å². The van der Waals surface area contributed by atoms with Crippen molar-refractivity contribution in [3.63, 3.8) is 0 Å². The minimum absolute atomic E-state index is 0.00643. The monoisotopic (exact) mass is 461 g/mol. The predicted octanol–water partition coefficient (Wildman–Crippen LogP) is 5.10. The molecule has 3 atom stereocenters. The maximum atomic E-state index is 13.1. The van der Waals surface area contributed by atoms with Gasteiger partial charge in [0.2, 0.25) is 0 Å². The number of imide groups is 1. The van der Waals surface area contributed by atoms with Crippen molar-refractivity contribution in [2.75, 3.05) is 6.61 Å². The molecule has 0 saturated heterocycles. The van der Waals surface area contributed by atoms with Gasteiger partial charge in [0, 0.05) is 0 Å². The maximum Gasteiger partial charge on any atom is 0.308 e. The molecule has 1 aliphatic rings. The number of nitrogens with zero attached hydrogens (tertiary/aromatic N) is 1. The first-order chi connectivity index (χ1) is 16.3. The van der Waals surface area contributed by atoms with Gasteiger partial charge in [-0.05, 0) is 65.1 Å². The summed E-state index contributed by atoms with van der Waals surface area (Å²) in [6, 6.07) is 14.9. The van der Waals surface area contributed by atoms with Crippen molar-refractivity contribution in [2.24, 2.45) is 5.92 Å². The second-order valence-corrected chi connectivity index (χ2v) is 9.35. The lowest BCUT2D eigenvalue weighted by molar-refractivity contribution is -0.147. The topological polar surface area (TPSA) is 83.9 Å². The standard InChI is InChI=1S/C28H31NO5/c1-4-5-8-17(2)25(30)15-26(31)34-16-18(3)29-27(32)23-13-21-11-19-9-6-7-10-20(19)12-22(21)14-24(23)28(29)33/h6-7,9-14,17-18,25,30H,4-5,8,15-16H2,1-3H3/t17-,18+,25+/m1/s1. The van der Waals surface area contributed by atoms with E-state index in [9.17, 15) is 19.5 Å². The van der Waals surface area contributed by atoms with Crippen LogP contribution in [0.2, 0.25) is 0 Å². The van der Waals surface area contributed by atoms with Crippen LogP contribution in [-0.4, -0.2) is 46.5 Å². The van der Waals surface area contributed by atoms with Gasteiger partial charge in [0.05, 0.1) is 29.7 Å². The maximum absolute atomic E-state index is 13.1. The van der Waals surface area contributed by atoms with Crippen LogP contribution in [0.1, 0.15) is 67.2 Å². The van der Waals surface area contributed by atoms with Crippen LogP contribution in [0.15, 0.2) is 48.5 Å². The van der Waals surface area contributed by atoms with E-state index in [4.69, 9.17) is 4.74 Å². The number of aliphatic hydroxyl groups is 1. The zero-order valence-electron chi connectivity index (χ0n) is 19.9. The van der Waals surface area contributed by atoms with E-state index in [-0.39, 0.29) is 30.8 Å². The molecule has 3 aromatic carbocycles. The molecule has 0 radical (unpaired) electrons. The molecule has 1 N–H and O–H groups in total. The van der Waals surface area contributed by atoms with Crippen LogP contribution in [0.5, 0.6) is 0 Å². The summed E-state index contributed by atoms with van der Waals surface area (Å²) in [5, 5.41) is 14.2. The summed E-state index contributed by atoms with van der Waals surface area (Å²) < 4.78 is 5.32. The molecule has 2 amide bonds. The number of carbonyl (C=O) groups is 3. The Kier molecular flexibility index (Phi) is 6.98. The molecular weight excluding hydrogens is 430 g/mol. The van der Waals surface area contributed by atoms with Gasteiger partial charge in [-0.3, -0.25) is 19.3 Å². The SMILES string of the molecule is CCCC[C@@H](C)[C@@H](O)CC(=O)OC[C@H](C)N1C(=O)c2cc3cc4ccccc4cc3cc2C1=O. The Balaban J connectivity index is 1.45. The largest absolute Gasteiger partial charge is 0.463 e. The van der Waals surface area contributed by atoms with E-state index in [1.54, 1.807) is 19.1 Å². The van der Waals surface area contributed by atoms with Crippen LogP contribution in [-0.2, 0) is 9.53 Å². The number of esters is 1. The van der Waals surface area contributed by atoms with Crippen molar-refractivity contribution in [1.82, 2.24) is 4.90 Å². The molecule has 0 aromatic heterocycles. The summed E-state index contributed by atoms with van der Waals surface area (Å²) >= 11 is 0. The van der Waals surface area contributed by atoms with Gasteiger partial charge in [-0.15, -0.1) is 0 Å². The van der Waals surface area contributed by atoms with Gasteiger partial charge in [0.1, 0.15) is 6.61 Å². The molecule has 1 aliphatic heterocycles. The molecule has 4 rings (SSSR count). The molecule has 34 heavy (non-hydrogen) atoms. The molecule has 0 bridgehead atoms. The molecule has 1 heterocycles. The number of amides is 2. The third-order valence-corrected chi connectivity index (χ3v) is 6.71. The summed E-state index contributed by atoms with van der Waals surface area (Å²) in [6.45, 7) is 5.58. The van der Waals surface area contributed by atoms with Crippen LogP contribution in [0.3, 0.4) is 0 Å². The molecule has 0 fully saturated rings. The lowest BCUT2D eigenvalue weighted by Crippen LogP contribution is -2.41. The first-order valence-electron chi connectivity index (χ1n) is 12.0. The smallest absolute Gasteiger partial charge is 0.308 e. The Hall–Kier alpha value is -3.25. The Bertz CT molecular complexity index is 1180. The van der Waals surface area contributed by atoms with Crippen molar-refractivity contribution >= 4 is 39.3 Å². The average molecular weight is 462 g/mol. The van der Waals surface area contributed by atoms with Gasteiger partial charge in [0.15, 0.2) is 0 Å². The molecule has 0 aliphatic carbocycles. The van der Waals surface area contributed by atoms with Crippen LogP contribution in [0.25, 0.3) is 21.5 Å². The normalized spacial score (nSPS) is 16.1. The fourth-order valence-corrected chi connectivity index (χ4v) is 4.54. The van der Waals surface area contributed by atoms with Crippen LogP contribution >= 0.6 is 0 Å². The number of aliphatic hydroxyl groups excluding tert-OH is 1. The summed E-state index contributed by atoms with van der Waals surface area (Å²) in [7, 11) is 0. The Morgan fingerprint density at radius 3 is 2.03 bits per heavy atom. The fourth-order valence-electron chi connectivity index (χ4n) is 4.54. The Morgan fingerprint density at radius 2 is 1.50 bits per heavy atom. The molecule has 0 unspecified atom stereocenters. The van der Waals surface area contributed by atoms with E-state index in [0.29, 0.717) is 11.1 Å². The van der Waals surface area contributed by atoms with Crippen molar-refractivity contribution in [3.05, 3.63) is 59.7 Å². The first-order valence-corrected chi connectivity index (χ1v) is 12.0. The van der Waals surface area contributed by atoms with Gasteiger partial charge < -0.3 is 9.84 Å². The van der Waals surface area contributed by atoms with Gasteiger partial charge in [0.25, 0.3) is 11.8 Å². The summed E-state index contributed by atoms with van der Waals surface area (Å²) in [4.78, 5) is 39.6. The van der Waals surface area contributed by atoms with Gasteiger partial charge in [-0.2, -0.15) is 0 Å². The highest BCUT2D eigenvalue weighted by atomic mass is 16.5. The lowest BCUT2D eigenvalue weighted by Gasteiger charge is -2.23. The van der Waals surface area contributed by atoms with Crippen molar-refractivity contribution in [3.8, 4) is 0 Å². The first kappa shape index (κ1) is 23.9. The molecule has 178 valence electrons. The highest BCUT2D eigenvalue weighted by Crippen LogP contribution is 2.31. The zero-order valence-corrected chi connectivity index (χ0v) is 19.9. The third kappa shape index (κ3) is 4.68. The predicted molar refractivity (Wildman–Crippen MR) is 132 cm³/mol. The average Bonchev–Trinajstić information content (AvgIpc) is 3.07. The number of rotatable bonds is 9. The lowest BCUT2D eigenvalue weighted by atomic mass is 9.96. The molecule has 0 saturated carbocycles. The summed E-state index contributed by atoms with van der Waals surface area (Å²) in [5.41, 5.74) is 0.734. The number of hydrogen-bond acceptors (Lipinski definition) is 5. The molecular formula is C28H31NO5. The third-order valence-electron chi connectivity index (χ3n) is 6.71. The van der Waals surface area contributed by atoms with E-state index in [1.807, 2.05) is 43.3 Å². The van der Waals surface area contributed by atoms with E-state index in [0.717, 1.165) is 45.7 Å². The molecule has 6 heteroatoms. The van der Waals surface area contributed by atoms with E-state index >= 15 is 0 Å². The molecule has 0 spiro atoms. The molecule has 6 nitrogen and oxygen atoms in total. The minimum atomic E-state index is -0.767. The highest BCUT2D eigenvalue weighted by molar-refractivity contribution is 6.23. The zero-order chi connectivity index (χ0) is 24.4. The van der Waals surface area contributed by atoms with Crippen LogP contribution in [0, 0.1) is 5.92 Å². The molecule has 3 aromatic rings. The van der Waals surface area contributed by atoms with Gasteiger partial charge in [-0.25, -0.2) is 0 Å². The fraction of sp³-hybridized carbons (Fsp3) is 0.393. The van der Waals surface area contributed by atoms with Crippen LogP contribution < -0.4 is 0 Å². The van der Waals surface area contributed by atoms with Crippen molar-refractivity contribution in [2.45, 2.75) is 58.6 Å². The van der Waals surface area contributed by atoms with Gasteiger partial charge in [-0.1, -0.05) is 51.0 Å². The Morgan fingerprint density at radius 1 is 0.941 bits per heavy atom. The second-order valence-electron chi connectivity index (χ2n) is 9.35.